The molecule has 5 heteroatoms. The van der Waals surface area contributed by atoms with Crippen LogP contribution in [0.1, 0.15) is 42.5 Å². The summed E-state index contributed by atoms with van der Waals surface area (Å²) in [6, 6.07) is 0. The zero-order chi connectivity index (χ0) is 14.7. The zero-order valence-electron chi connectivity index (χ0n) is 13.1. The molecule has 1 saturated carbocycles. The molecule has 2 aliphatic rings. The molecule has 2 atom stereocenters. The lowest BCUT2D eigenvalue weighted by Crippen LogP contribution is -2.40. The number of hydrogen-bond acceptors (Lipinski definition) is 3. The van der Waals surface area contributed by atoms with Gasteiger partial charge in [-0.3, -0.25) is 0 Å². The van der Waals surface area contributed by atoms with Gasteiger partial charge in [0.1, 0.15) is 0 Å². The lowest BCUT2D eigenvalue weighted by molar-refractivity contribution is 0.299. The van der Waals surface area contributed by atoms with Crippen LogP contribution in [0, 0.1) is 18.8 Å². The molecule has 0 spiro atoms. The van der Waals surface area contributed by atoms with E-state index < -0.39 is 0 Å². The standard InChI is InChI=1S/C16H26N4S/c1-3-17-16(19-9-15-8-18-12(2)21-15)20-10-13-6-4-5-7-14(13)11-20/h8,13-14H,3-7,9-11H2,1-2H3,(H,17,19). The van der Waals surface area contributed by atoms with E-state index in [-0.39, 0.29) is 0 Å². The third-order valence-electron chi connectivity index (χ3n) is 4.66. The van der Waals surface area contributed by atoms with Gasteiger partial charge in [0, 0.05) is 30.7 Å². The van der Waals surface area contributed by atoms with Gasteiger partial charge in [-0.25, -0.2) is 9.98 Å². The summed E-state index contributed by atoms with van der Waals surface area (Å²) in [7, 11) is 0. The maximum Gasteiger partial charge on any atom is 0.194 e. The molecular formula is C16H26N4S. The summed E-state index contributed by atoms with van der Waals surface area (Å²) >= 11 is 1.75. The summed E-state index contributed by atoms with van der Waals surface area (Å²) in [6.07, 6.45) is 7.62. The first-order valence-corrected chi connectivity index (χ1v) is 9.02. The number of aliphatic imine (C=N–C) groups is 1. The molecule has 116 valence electrons. The molecule has 3 rings (SSSR count). The minimum Gasteiger partial charge on any atom is -0.357 e. The molecule has 0 bridgehead atoms. The van der Waals surface area contributed by atoms with Crippen LogP contribution >= 0.6 is 11.3 Å². The monoisotopic (exact) mass is 306 g/mol. The van der Waals surface area contributed by atoms with Crippen molar-refractivity contribution in [3.63, 3.8) is 0 Å². The minimum atomic E-state index is 0.750. The Morgan fingerprint density at radius 3 is 2.67 bits per heavy atom. The van der Waals surface area contributed by atoms with Crippen molar-refractivity contribution in [1.29, 1.82) is 0 Å². The van der Waals surface area contributed by atoms with Crippen molar-refractivity contribution in [3.05, 3.63) is 16.1 Å². The van der Waals surface area contributed by atoms with E-state index in [1.54, 1.807) is 11.3 Å². The van der Waals surface area contributed by atoms with Gasteiger partial charge in [-0.15, -0.1) is 11.3 Å². The summed E-state index contributed by atoms with van der Waals surface area (Å²) < 4.78 is 0. The minimum absolute atomic E-state index is 0.750. The highest BCUT2D eigenvalue weighted by atomic mass is 32.1. The molecule has 0 amide bonds. The van der Waals surface area contributed by atoms with Gasteiger partial charge in [-0.1, -0.05) is 12.8 Å². The molecule has 4 nitrogen and oxygen atoms in total. The molecule has 0 radical (unpaired) electrons. The smallest absolute Gasteiger partial charge is 0.194 e. The summed E-state index contributed by atoms with van der Waals surface area (Å²) in [5.74, 6) is 2.89. The van der Waals surface area contributed by atoms with Gasteiger partial charge >= 0.3 is 0 Å². The van der Waals surface area contributed by atoms with Crippen molar-refractivity contribution >= 4 is 17.3 Å². The van der Waals surface area contributed by atoms with Crippen LogP contribution in [0.5, 0.6) is 0 Å². The summed E-state index contributed by atoms with van der Waals surface area (Å²) in [5, 5.41) is 4.59. The number of aryl methyl sites for hydroxylation is 1. The molecule has 0 aromatic carbocycles. The third-order valence-corrected chi connectivity index (χ3v) is 5.56. The fourth-order valence-corrected chi connectivity index (χ4v) is 4.36. The van der Waals surface area contributed by atoms with Gasteiger partial charge in [-0.2, -0.15) is 0 Å². The number of rotatable bonds is 3. The van der Waals surface area contributed by atoms with Gasteiger partial charge in [0.15, 0.2) is 5.96 Å². The highest BCUT2D eigenvalue weighted by Gasteiger charge is 2.35. The maximum absolute atomic E-state index is 4.84. The van der Waals surface area contributed by atoms with E-state index >= 15 is 0 Å². The number of fused-ring (bicyclic) bond motifs is 1. The molecule has 2 unspecified atom stereocenters. The molecule has 1 N–H and O–H groups in total. The van der Waals surface area contributed by atoms with E-state index in [4.69, 9.17) is 4.99 Å². The van der Waals surface area contributed by atoms with Crippen LogP contribution in [0.25, 0.3) is 0 Å². The van der Waals surface area contributed by atoms with E-state index in [1.807, 2.05) is 13.1 Å². The molecule has 1 aliphatic carbocycles. The van der Waals surface area contributed by atoms with Crippen LogP contribution in [0.4, 0.5) is 0 Å². The number of likely N-dealkylation sites (tertiary alicyclic amines) is 1. The number of hydrogen-bond donors (Lipinski definition) is 1. The van der Waals surface area contributed by atoms with Crippen molar-refractivity contribution in [2.45, 2.75) is 46.1 Å². The SMILES string of the molecule is CCNC(=NCc1cnc(C)s1)N1CC2CCCCC2C1. The Bertz CT molecular complexity index is 482. The van der Waals surface area contributed by atoms with Gasteiger partial charge in [0.2, 0.25) is 0 Å². The Morgan fingerprint density at radius 2 is 2.10 bits per heavy atom. The predicted molar refractivity (Wildman–Crippen MR) is 88.7 cm³/mol. The number of nitrogens with zero attached hydrogens (tertiary/aromatic N) is 3. The van der Waals surface area contributed by atoms with Crippen LogP contribution in [0.2, 0.25) is 0 Å². The third kappa shape index (κ3) is 3.57. The van der Waals surface area contributed by atoms with Gasteiger partial charge in [0.05, 0.1) is 11.6 Å². The maximum atomic E-state index is 4.84. The quantitative estimate of drug-likeness (QED) is 0.689. The van der Waals surface area contributed by atoms with Crippen LogP contribution in [-0.2, 0) is 6.54 Å². The molecule has 1 aromatic heterocycles. The lowest BCUT2D eigenvalue weighted by Gasteiger charge is -2.22. The summed E-state index contributed by atoms with van der Waals surface area (Å²) in [4.78, 5) is 12.9. The van der Waals surface area contributed by atoms with Gasteiger partial charge in [0.25, 0.3) is 0 Å². The van der Waals surface area contributed by atoms with Crippen molar-refractivity contribution in [2.75, 3.05) is 19.6 Å². The van der Waals surface area contributed by atoms with E-state index in [2.05, 4.69) is 22.1 Å². The Hall–Kier alpha value is -1.10. The van der Waals surface area contributed by atoms with Crippen molar-refractivity contribution in [1.82, 2.24) is 15.2 Å². The fraction of sp³-hybridized carbons (Fsp3) is 0.750. The molecule has 1 aromatic rings. The van der Waals surface area contributed by atoms with Gasteiger partial charge in [-0.05, 0) is 38.5 Å². The first-order valence-electron chi connectivity index (χ1n) is 8.21. The first kappa shape index (κ1) is 14.8. The second-order valence-corrected chi connectivity index (χ2v) is 7.54. The van der Waals surface area contributed by atoms with E-state index in [1.165, 1.54) is 43.6 Å². The summed E-state index contributed by atoms with van der Waals surface area (Å²) in [6.45, 7) is 8.27. The number of thiazole rings is 1. The van der Waals surface area contributed by atoms with Gasteiger partial charge < -0.3 is 10.2 Å². The average molecular weight is 306 g/mol. The first-order chi connectivity index (χ1) is 10.3. The fourth-order valence-electron chi connectivity index (χ4n) is 3.64. The van der Waals surface area contributed by atoms with Crippen LogP contribution < -0.4 is 5.32 Å². The number of aromatic nitrogens is 1. The molecule has 2 heterocycles. The van der Waals surface area contributed by atoms with E-state index in [9.17, 15) is 0 Å². The Labute approximate surface area is 131 Å². The Morgan fingerprint density at radius 1 is 1.38 bits per heavy atom. The van der Waals surface area contributed by atoms with E-state index in [0.29, 0.717) is 0 Å². The predicted octanol–water partition coefficient (Wildman–Crippen LogP) is 3.04. The Kier molecular flexibility index (Phi) is 4.78. The second kappa shape index (κ2) is 6.77. The van der Waals surface area contributed by atoms with E-state index in [0.717, 1.165) is 35.9 Å². The molecule has 1 aliphatic heterocycles. The number of guanidine groups is 1. The lowest BCUT2D eigenvalue weighted by atomic mass is 9.82. The highest BCUT2D eigenvalue weighted by molar-refractivity contribution is 7.11. The highest BCUT2D eigenvalue weighted by Crippen LogP contribution is 2.36. The second-order valence-electron chi connectivity index (χ2n) is 6.23. The molecule has 2 fully saturated rings. The average Bonchev–Trinajstić information content (AvgIpc) is 3.09. The number of nitrogens with one attached hydrogen (secondary N) is 1. The van der Waals surface area contributed by atoms with Crippen LogP contribution in [0.3, 0.4) is 0 Å². The van der Waals surface area contributed by atoms with Crippen LogP contribution in [0.15, 0.2) is 11.2 Å². The molecular weight excluding hydrogens is 280 g/mol. The summed E-state index contributed by atoms with van der Waals surface area (Å²) in [5.41, 5.74) is 0. The normalized spacial score (nSPS) is 26.0. The molecule has 1 saturated heterocycles. The zero-order valence-corrected chi connectivity index (χ0v) is 14.0. The van der Waals surface area contributed by atoms with Crippen molar-refractivity contribution in [2.24, 2.45) is 16.8 Å². The molecule has 21 heavy (non-hydrogen) atoms. The van der Waals surface area contributed by atoms with Crippen molar-refractivity contribution in [3.8, 4) is 0 Å². The van der Waals surface area contributed by atoms with Crippen LogP contribution in [-0.4, -0.2) is 35.5 Å². The van der Waals surface area contributed by atoms with Crippen molar-refractivity contribution < 1.29 is 0 Å². The topological polar surface area (TPSA) is 40.5 Å². The Balaban J connectivity index is 1.66. The largest absolute Gasteiger partial charge is 0.357 e.